The van der Waals surface area contributed by atoms with Crippen LogP contribution >= 0.6 is 0 Å². The summed E-state index contributed by atoms with van der Waals surface area (Å²) in [4.78, 5) is 4.56. The molecule has 4 atom stereocenters. The maximum Gasteiger partial charge on any atom is 0.161 e. The van der Waals surface area contributed by atoms with Gasteiger partial charge in [0.25, 0.3) is 0 Å². The molecule has 9 rings (SSSR count). The zero-order valence-corrected chi connectivity index (χ0v) is 29.7. The Morgan fingerprint density at radius 3 is 2.55 bits per heavy atom. The summed E-state index contributed by atoms with van der Waals surface area (Å²) in [6.07, 6.45) is 4.62. The summed E-state index contributed by atoms with van der Waals surface area (Å²) in [5, 5.41) is 46.3. The predicted octanol–water partition coefficient (Wildman–Crippen LogP) is 5.58. The Kier molecular flexibility index (Phi) is 8.60. The Bertz CT molecular complexity index is 2350. The number of aromatic hydroxyl groups is 2. The van der Waals surface area contributed by atoms with Crippen molar-refractivity contribution in [2.24, 2.45) is 4.99 Å². The van der Waals surface area contributed by atoms with Gasteiger partial charge in [0.2, 0.25) is 0 Å². The standard InChI is InChI=1S/C45H43NO7/c1-51-40-21-30(19-28(42(40)50)9-7-25-5-3-2-4-6-25)43-39(49)23-37-36-20-29(18-26-8-14-38-27(17-26)15-16-46-38)35-22-31(48)10-12-33(35)41(36)45-34(44(37)53-43)13-11-32(24-47)52-45/h2-6,8,10,12,14-15,17,19,21-22,29,32,39,43,47-50H,7,9,11,13,16,18,20,23-24H2,1H3/t29-,32+,39+,43+/m0/s1. The fourth-order valence-electron chi connectivity index (χ4n) is 8.90. The fourth-order valence-corrected chi connectivity index (χ4v) is 8.90. The lowest BCUT2D eigenvalue weighted by atomic mass is 9.72. The number of aliphatic hydroxyl groups is 2. The van der Waals surface area contributed by atoms with Gasteiger partial charge in [-0.1, -0.05) is 48.5 Å². The van der Waals surface area contributed by atoms with Crippen LogP contribution < -0.4 is 24.8 Å². The Labute approximate surface area is 308 Å². The van der Waals surface area contributed by atoms with Gasteiger partial charge in [0.05, 0.1) is 31.7 Å². The maximum atomic E-state index is 12.0. The number of methoxy groups -OCH3 is 1. The second-order valence-electron chi connectivity index (χ2n) is 14.8. The van der Waals surface area contributed by atoms with Gasteiger partial charge in [-0.05, 0) is 125 Å². The third kappa shape index (κ3) is 6.00. The number of ether oxygens (including phenoxy) is 3. The van der Waals surface area contributed by atoms with Gasteiger partial charge >= 0.3 is 0 Å². The van der Waals surface area contributed by atoms with Crippen LogP contribution in [0.2, 0.25) is 0 Å². The van der Waals surface area contributed by atoms with E-state index in [0.717, 1.165) is 79.2 Å². The lowest BCUT2D eigenvalue weighted by Crippen LogP contribution is -2.34. The number of hydrogen-bond donors (Lipinski definition) is 4. The molecule has 1 aliphatic carbocycles. The van der Waals surface area contributed by atoms with Crippen molar-refractivity contribution >= 4 is 6.08 Å². The van der Waals surface area contributed by atoms with Gasteiger partial charge in [-0.25, -0.2) is 0 Å². The first kappa shape index (κ1) is 33.5. The number of nitrogens with zero attached hydrogens (tertiary/aromatic N) is 1. The number of fused-ring (bicyclic) bond motifs is 9. The van der Waals surface area contributed by atoms with Gasteiger partial charge < -0.3 is 34.6 Å². The molecular formula is C45H43NO7. The molecule has 3 aliphatic heterocycles. The summed E-state index contributed by atoms with van der Waals surface area (Å²) in [7, 11) is 1.54. The molecule has 0 fully saturated rings. The molecule has 0 spiro atoms. The van der Waals surface area contributed by atoms with Crippen LogP contribution in [0, 0.1) is 0 Å². The summed E-state index contributed by atoms with van der Waals surface area (Å²) in [6, 6.07) is 25.9. The molecule has 270 valence electrons. The highest BCUT2D eigenvalue weighted by molar-refractivity contribution is 5.85. The summed E-state index contributed by atoms with van der Waals surface area (Å²) in [5.41, 5.74) is 9.83. The van der Waals surface area contributed by atoms with Gasteiger partial charge in [-0.3, -0.25) is 4.99 Å². The highest BCUT2D eigenvalue weighted by atomic mass is 16.5. The zero-order valence-electron chi connectivity index (χ0n) is 29.7. The Hall–Kier alpha value is -5.31. The van der Waals surface area contributed by atoms with E-state index in [1.807, 2.05) is 36.4 Å². The molecule has 4 aliphatic rings. The van der Waals surface area contributed by atoms with Gasteiger partial charge in [-0.2, -0.15) is 0 Å². The molecule has 53 heavy (non-hydrogen) atoms. The van der Waals surface area contributed by atoms with E-state index < -0.39 is 12.2 Å². The number of phenolic OH excluding ortho intramolecular Hbond substituents is 2. The first-order chi connectivity index (χ1) is 25.9. The third-order valence-electron chi connectivity index (χ3n) is 11.5. The number of aryl methyl sites for hydroxylation is 2. The Balaban J connectivity index is 1.14. The van der Waals surface area contributed by atoms with E-state index >= 15 is 0 Å². The van der Waals surface area contributed by atoms with Crippen LogP contribution in [-0.4, -0.2) is 52.9 Å². The molecule has 5 aromatic rings. The summed E-state index contributed by atoms with van der Waals surface area (Å²) < 4.78 is 19.2. The van der Waals surface area contributed by atoms with Crippen molar-refractivity contribution in [2.75, 3.05) is 20.3 Å². The van der Waals surface area contributed by atoms with Crippen LogP contribution in [0.1, 0.15) is 63.0 Å². The van der Waals surface area contributed by atoms with Crippen molar-refractivity contribution in [3.05, 3.63) is 134 Å². The van der Waals surface area contributed by atoms with Gasteiger partial charge in [0, 0.05) is 23.1 Å². The molecule has 0 saturated heterocycles. The van der Waals surface area contributed by atoms with E-state index in [2.05, 4.69) is 41.4 Å². The van der Waals surface area contributed by atoms with E-state index in [1.165, 1.54) is 12.7 Å². The quantitative estimate of drug-likeness (QED) is 0.166. The lowest BCUT2D eigenvalue weighted by Gasteiger charge is -2.40. The monoisotopic (exact) mass is 709 g/mol. The van der Waals surface area contributed by atoms with Crippen molar-refractivity contribution in [1.29, 1.82) is 0 Å². The van der Waals surface area contributed by atoms with Crippen LogP contribution in [0.15, 0.2) is 83.9 Å². The average Bonchev–Trinajstić information content (AvgIpc) is 3.66. The van der Waals surface area contributed by atoms with Gasteiger partial charge in [0.15, 0.2) is 11.5 Å². The van der Waals surface area contributed by atoms with Crippen LogP contribution in [0.3, 0.4) is 0 Å². The Morgan fingerprint density at radius 2 is 1.72 bits per heavy atom. The van der Waals surface area contributed by atoms with Crippen LogP contribution in [0.4, 0.5) is 0 Å². The van der Waals surface area contributed by atoms with Crippen molar-refractivity contribution in [3.8, 4) is 39.9 Å². The minimum atomic E-state index is -0.869. The number of benzene rings is 5. The number of hydrogen-bond acceptors (Lipinski definition) is 8. The van der Waals surface area contributed by atoms with Crippen molar-refractivity contribution in [1.82, 2.24) is 0 Å². The normalized spacial score (nSPS) is 20.7. The molecule has 0 aromatic heterocycles. The molecule has 8 nitrogen and oxygen atoms in total. The van der Waals surface area contributed by atoms with Gasteiger partial charge in [0.1, 0.15) is 29.5 Å². The second kappa shape index (κ2) is 13.6. The van der Waals surface area contributed by atoms with Crippen molar-refractivity contribution in [2.45, 2.75) is 69.2 Å². The summed E-state index contributed by atoms with van der Waals surface area (Å²) in [5.74, 6) is 2.15. The lowest BCUT2D eigenvalue weighted by molar-refractivity contribution is 0.0180. The van der Waals surface area contributed by atoms with E-state index in [0.29, 0.717) is 50.1 Å². The second-order valence-corrected chi connectivity index (χ2v) is 14.8. The molecule has 4 N–H and O–H groups in total. The number of aliphatic hydroxyl groups excluding tert-OH is 2. The molecule has 0 unspecified atom stereocenters. The minimum absolute atomic E-state index is 0.0452. The molecule has 3 heterocycles. The SMILES string of the molecule is COc1cc([C@H]2Oc3c(c4c(c5c3CC[C@H](CO)O5)-c3ccc(O)cc3[C@@H](Cc3ccc5c(c3)=CCN=5)C4)C[C@H]2O)cc(CCc2ccccc2)c1O. The zero-order chi connectivity index (χ0) is 36.2. The van der Waals surface area contributed by atoms with Crippen molar-refractivity contribution < 1.29 is 34.6 Å². The van der Waals surface area contributed by atoms with E-state index in [-0.39, 0.29) is 30.1 Å². The third-order valence-corrected chi connectivity index (χ3v) is 11.5. The molecule has 0 bridgehead atoms. The molecule has 0 amide bonds. The van der Waals surface area contributed by atoms with Crippen molar-refractivity contribution in [3.63, 3.8) is 0 Å². The molecule has 5 aromatic carbocycles. The highest BCUT2D eigenvalue weighted by Crippen LogP contribution is 2.56. The van der Waals surface area contributed by atoms with Crippen LogP contribution in [-0.2, 0) is 38.5 Å². The number of rotatable bonds is 8. The topological polar surface area (TPSA) is 121 Å². The van der Waals surface area contributed by atoms with Crippen LogP contribution in [0.25, 0.3) is 17.2 Å². The maximum absolute atomic E-state index is 12.0. The molecule has 0 radical (unpaired) electrons. The Morgan fingerprint density at radius 1 is 0.849 bits per heavy atom. The molecule has 8 heteroatoms. The first-order valence-electron chi connectivity index (χ1n) is 18.6. The van der Waals surface area contributed by atoms with E-state index in [4.69, 9.17) is 14.2 Å². The van der Waals surface area contributed by atoms with Gasteiger partial charge in [-0.15, -0.1) is 0 Å². The summed E-state index contributed by atoms with van der Waals surface area (Å²) in [6.45, 7) is 0.604. The molecule has 0 saturated carbocycles. The van der Waals surface area contributed by atoms with E-state index in [9.17, 15) is 20.4 Å². The molecular weight excluding hydrogens is 666 g/mol. The summed E-state index contributed by atoms with van der Waals surface area (Å²) >= 11 is 0. The minimum Gasteiger partial charge on any atom is -0.508 e. The number of phenols is 2. The van der Waals surface area contributed by atoms with E-state index in [1.54, 1.807) is 12.1 Å². The highest BCUT2D eigenvalue weighted by Gasteiger charge is 2.41. The fraction of sp³-hybridized carbons (Fsp3) is 0.311. The predicted molar refractivity (Wildman–Crippen MR) is 202 cm³/mol. The largest absolute Gasteiger partial charge is 0.508 e. The average molecular weight is 710 g/mol. The smallest absolute Gasteiger partial charge is 0.161 e. The first-order valence-corrected chi connectivity index (χ1v) is 18.6. The van der Waals surface area contributed by atoms with Crippen LogP contribution in [0.5, 0.6) is 28.7 Å².